The zero-order valence-corrected chi connectivity index (χ0v) is 13.6. The topological polar surface area (TPSA) is 69.1 Å². The van der Waals surface area contributed by atoms with Crippen LogP contribution < -0.4 is 0 Å². The molecule has 0 unspecified atom stereocenters. The molecular weight excluding hydrogens is 418 g/mol. The number of imidazole rings is 1. The van der Waals surface area contributed by atoms with Gasteiger partial charge in [-0.25, -0.2) is 9.97 Å². The smallest absolute Gasteiger partial charge is 0.422 e. The highest BCUT2D eigenvalue weighted by atomic mass is 19.4. The Labute approximate surface area is 153 Å². The fraction of sp³-hybridized carbons (Fsp3) is 0.200. The number of nitrogens with zero attached hydrogens (tertiary/aromatic N) is 5. The van der Waals surface area contributed by atoms with E-state index in [0.717, 1.165) is 29.1 Å². The Morgan fingerprint density at radius 2 is 1.66 bits per heavy atom. The van der Waals surface area contributed by atoms with Crippen LogP contribution in [0, 0.1) is 0 Å². The summed E-state index contributed by atoms with van der Waals surface area (Å²) in [6.45, 7) is 0. The molecule has 4 heterocycles. The van der Waals surface area contributed by atoms with Crippen LogP contribution in [0.2, 0.25) is 0 Å². The average molecular weight is 423 g/mol. The van der Waals surface area contributed by atoms with Gasteiger partial charge in [0.25, 0.3) is 5.89 Å². The summed E-state index contributed by atoms with van der Waals surface area (Å²) in [7, 11) is 0. The lowest BCUT2D eigenvalue weighted by Gasteiger charge is -2.21. The standard InChI is InChI=1S/C15H5F8N5O/c16-13(17,15(21,22)23)9-3-7(14(18,19)20)6-1-2-10-25-8(12-27-24-5-29-12)4-28(10)11(6)26-9/h1-5H. The first kappa shape index (κ1) is 19.0. The second kappa shape index (κ2) is 5.84. The molecule has 0 aromatic carbocycles. The molecule has 152 valence electrons. The second-order valence-electron chi connectivity index (χ2n) is 5.79. The number of hydrogen-bond donors (Lipinski definition) is 0. The van der Waals surface area contributed by atoms with Gasteiger partial charge in [0, 0.05) is 11.6 Å². The summed E-state index contributed by atoms with van der Waals surface area (Å²) in [5.41, 5.74) is -4.71. The predicted molar refractivity (Wildman–Crippen MR) is 78.7 cm³/mol. The largest absolute Gasteiger partial charge is 0.459 e. The van der Waals surface area contributed by atoms with Crippen molar-refractivity contribution in [3.8, 4) is 11.6 Å². The lowest BCUT2D eigenvalue weighted by molar-refractivity contribution is -0.291. The monoisotopic (exact) mass is 423 g/mol. The first-order valence-electron chi connectivity index (χ1n) is 7.51. The van der Waals surface area contributed by atoms with Crippen LogP contribution in [0.4, 0.5) is 35.1 Å². The van der Waals surface area contributed by atoms with Gasteiger partial charge in [-0.1, -0.05) is 0 Å². The minimum atomic E-state index is -6.14. The highest BCUT2D eigenvalue weighted by molar-refractivity contribution is 5.83. The molecule has 0 radical (unpaired) electrons. The molecule has 4 aromatic rings. The van der Waals surface area contributed by atoms with Gasteiger partial charge in [0.2, 0.25) is 6.39 Å². The molecule has 0 aliphatic rings. The summed E-state index contributed by atoms with van der Waals surface area (Å²) < 4.78 is 112. The van der Waals surface area contributed by atoms with Crippen molar-refractivity contribution in [3.63, 3.8) is 0 Å². The molecule has 0 aliphatic heterocycles. The number of fused-ring (bicyclic) bond motifs is 3. The number of aromatic nitrogens is 5. The van der Waals surface area contributed by atoms with Crippen LogP contribution >= 0.6 is 0 Å². The third-order valence-electron chi connectivity index (χ3n) is 3.96. The predicted octanol–water partition coefficient (Wildman–Crippen LogP) is 4.61. The van der Waals surface area contributed by atoms with Gasteiger partial charge in [-0.15, -0.1) is 10.2 Å². The molecule has 4 rings (SSSR count). The third kappa shape index (κ3) is 2.94. The molecule has 0 atom stereocenters. The van der Waals surface area contributed by atoms with Gasteiger partial charge >= 0.3 is 18.3 Å². The van der Waals surface area contributed by atoms with E-state index >= 15 is 0 Å². The molecule has 0 N–H and O–H groups in total. The average Bonchev–Trinajstić information content (AvgIpc) is 3.27. The van der Waals surface area contributed by atoms with E-state index in [1.807, 2.05) is 0 Å². The number of alkyl halides is 8. The van der Waals surface area contributed by atoms with Crippen molar-refractivity contribution in [3.05, 3.63) is 42.0 Å². The maximum atomic E-state index is 13.8. The molecule has 0 amide bonds. The lowest BCUT2D eigenvalue weighted by atomic mass is 10.1. The second-order valence-corrected chi connectivity index (χ2v) is 5.79. The Hall–Kier alpha value is -3.32. The van der Waals surface area contributed by atoms with E-state index in [4.69, 9.17) is 4.42 Å². The fourth-order valence-corrected chi connectivity index (χ4v) is 2.66. The molecule has 0 bridgehead atoms. The van der Waals surface area contributed by atoms with Crippen molar-refractivity contribution in [1.82, 2.24) is 24.6 Å². The van der Waals surface area contributed by atoms with Crippen molar-refractivity contribution >= 4 is 16.7 Å². The first-order valence-corrected chi connectivity index (χ1v) is 7.51. The molecule has 0 spiro atoms. The summed E-state index contributed by atoms with van der Waals surface area (Å²) in [5, 5.41) is 6.25. The minimum absolute atomic E-state index is 0.0432. The molecule has 0 saturated heterocycles. The van der Waals surface area contributed by atoms with Crippen molar-refractivity contribution < 1.29 is 39.5 Å². The summed E-state index contributed by atoms with van der Waals surface area (Å²) in [6, 6.07) is 1.68. The van der Waals surface area contributed by atoms with Crippen molar-refractivity contribution in [2.24, 2.45) is 0 Å². The Bertz CT molecular complexity index is 1210. The Morgan fingerprint density at radius 1 is 0.931 bits per heavy atom. The van der Waals surface area contributed by atoms with E-state index < -0.39 is 40.6 Å². The molecule has 0 aliphatic carbocycles. The Morgan fingerprint density at radius 3 is 2.24 bits per heavy atom. The number of halogens is 8. The van der Waals surface area contributed by atoms with Gasteiger partial charge in [-0.3, -0.25) is 4.40 Å². The Balaban J connectivity index is 2.08. The highest BCUT2D eigenvalue weighted by Gasteiger charge is 2.60. The van der Waals surface area contributed by atoms with E-state index in [9.17, 15) is 35.1 Å². The Kier molecular flexibility index (Phi) is 3.83. The van der Waals surface area contributed by atoms with Crippen molar-refractivity contribution in [1.29, 1.82) is 0 Å². The van der Waals surface area contributed by atoms with E-state index in [2.05, 4.69) is 20.2 Å². The minimum Gasteiger partial charge on any atom is -0.422 e. The third-order valence-corrected chi connectivity index (χ3v) is 3.96. The zero-order chi connectivity index (χ0) is 21.2. The van der Waals surface area contributed by atoms with Gasteiger partial charge in [-0.2, -0.15) is 35.1 Å². The molecular formula is C15H5F8N5O. The van der Waals surface area contributed by atoms with Crippen LogP contribution in [0.3, 0.4) is 0 Å². The molecule has 0 fully saturated rings. The van der Waals surface area contributed by atoms with Gasteiger partial charge in [0.1, 0.15) is 22.7 Å². The van der Waals surface area contributed by atoms with Gasteiger partial charge in [-0.05, 0) is 18.2 Å². The van der Waals surface area contributed by atoms with Crippen LogP contribution in [-0.2, 0) is 12.1 Å². The number of rotatable bonds is 2. The normalized spacial score (nSPS) is 13.5. The first-order chi connectivity index (χ1) is 13.4. The van der Waals surface area contributed by atoms with Crippen LogP contribution in [0.15, 0.2) is 35.2 Å². The van der Waals surface area contributed by atoms with Crippen LogP contribution in [0.1, 0.15) is 11.3 Å². The maximum Gasteiger partial charge on any atom is 0.459 e. The lowest BCUT2D eigenvalue weighted by Crippen LogP contribution is -2.35. The molecule has 0 saturated carbocycles. The van der Waals surface area contributed by atoms with E-state index in [-0.39, 0.29) is 23.3 Å². The summed E-state index contributed by atoms with van der Waals surface area (Å²) in [5.74, 6) is -5.76. The van der Waals surface area contributed by atoms with Crippen LogP contribution in [0.25, 0.3) is 28.3 Å². The number of hydrogen-bond acceptors (Lipinski definition) is 5. The highest BCUT2D eigenvalue weighted by Crippen LogP contribution is 2.45. The van der Waals surface area contributed by atoms with Crippen LogP contribution in [-0.4, -0.2) is 30.7 Å². The zero-order valence-electron chi connectivity index (χ0n) is 13.6. The van der Waals surface area contributed by atoms with E-state index in [1.165, 1.54) is 0 Å². The molecule has 29 heavy (non-hydrogen) atoms. The van der Waals surface area contributed by atoms with Gasteiger partial charge in [0.15, 0.2) is 0 Å². The van der Waals surface area contributed by atoms with Gasteiger partial charge in [0.05, 0.1) is 5.56 Å². The molecule has 6 nitrogen and oxygen atoms in total. The fourth-order valence-electron chi connectivity index (χ4n) is 2.66. The summed E-state index contributed by atoms with van der Waals surface area (Å²) in [4.78, 5) is 7.17. The number of pyridine rings is 2. The summed E-state index contributed by atoms with van der Waals surface area (Å²) >= 11 is 0. The molecule has 14 heteroatoms. The SMILES string of the molecule is FC(F)(F)c1cc(C(F)(F)C(F)(F)F)nc2c1ccc1nc(-c3nnco3)cn12. The van der Waals surface area contributed by atoms with E-state index in [1.54, 1.807) is 0 Å². The quantitative estimate of drug-likeness (QED) is 0.441. The van der Waals surface area contributed by atoms with Gasteiger partial charge < -0.3 is 4.42 Å². The van der Waals surface area contributed by atoms with Crippen LogP contribution in [0.5, 0.6) is 0 Å². The summed E-state index contributed by atoms with van der Waals surface area (Å²) in [6.07, 6.45) is -9.39. The molecule has 4 aromatic heterocycles. The van der Waals surface area contributed by atoms with E-state index in [0.29, 0.717) is 0 Å². The maximum absolute atomic E-state index is 13.8. The van der Waals surface area contributed by atoms with Crippen molar-refractivity contribution in [2.45, 2.75) is 18.3 Å². The van der Waals surface area contributed by atoms with Crippen molar-refractivity contribution in [2.75, 3.05) is 0 Å².